The molecular formula is C18H39P. The first-order valence-corrected chi connectivity index (χ1v) is 11.0. The van der Waals surface area contributed by atoms with E-state index in [1.807, 2.05) is 0 Å². The molecule has 0 aliphatic rings. The summed E-state index contributed by atoms with van der Waals surface area (Å²) in [7, 11) is 0.392. The summed E-state index contributed by atoms with van der Waals surface area (Å²) in [5.41, 5.74) is 0. The van der Waals surface area contributed by atoms with E-state index in [0.29, 0.717) is 7.92 Å². The van der Waals surface area contributed by atoms with Gasteiger partial charge < -0.3 is 0 Å². The van der Waals surface area contributed by atoms with Crippen LogP contribution in [0.2, 0.25) is 0 Å². The summed E-state index contributed by atoms with van der Waals surface area (Å²) < 4.78 is 0. The second-order valence-corrected chi connectivity index (χ2v) is 8.71. The Hall–Kier alpha value is 0.430. The minimum Gasteiger partial charge on any atom is -0.107 e. The molecule has 0 saturated heterocycles. The van der Waals surface area contributed by atoms with Crippen LogP contribution in [0.4, 0.5) is 0 Å². The van der Waals surface area contributed by atoms with E-state index in [1.54, 1.807) is 18.5 Å². The van der Waals surface area contributed by atoms with Crippen LogP contribution in [0.1, 0.15) is 97.8 Å². The second-order valence-electron chi connectivity index (χ2n) is 6.02. The van der Waals surface area contributed by atoms with Gasteiger partial charge in [0.2, 0.25) is 0 Å². The van der Waals surface area contributed by atoms with E-state index >= 15 is 0 Å². The van der Waals surface area contributed by atoms with E-state index in [2.05, 4.69) is 20.8 Å². The van der Waals surface area contributed by atoms with Gasteiger partial charge in [0.05, 0.1) is 0 Å². The Bertz CT molecular complexity index is 156. The molecule has 0 heterocycles. The fraction of sp³-hybridized carbons (Fsp3) is 1.00. The van der Waals surface area contributed by atoms with Crippen molar-refractivity contribution in [3.63, 3.8) is 0 Å². The summed E-state index contributed by atoms with van der Waals surface area (Å²) in [6.45, 7) is 6.96. The van der Waals surface area contributed by atoms with Crippen molar-refractivity contribution in [2.24, 2.45) is 0 Å². The molecule has 0 aliphatic heterocycles. The average molecular weight is 286 g/mol. The first-order valence-electron chi connectivity index (χ1n) is 9.07. The van der Waals surface area contributed by atoms with Gasteiger partial charge in [0.15, 0.2) is 0 Å². The van der Waals surface area contributed by atoms with Crippen LogP contribution < -0.4 is 0 Å². The molecule has 0 aromatic rings. The molecule has 0 spiro atoms. The second kappa shape index (κ2) is 16.5. The number of unbranched alkanes of at least 4 members (excludes halogenated alkanes) is 9. The molecule has 0 saturated carbocycles. The molecule has 0 rings (SSSR count). The minimum absolute atomic E-state index is 0.392. The van der Waals surface area contributed by atoms with Crippen molar-refractivity contribution in [1.29, 1.82) is 0 Å². The number of hydrogen-bond acceptors (Lipinski definition) is 0. The van der Waals surface area contributed by atoms with E-state index in [-0.39, 0.29) is 0 Å². The van der Waals surface area contributed by atoms with E-state index < -0.39 is 0 Å². The maximum atomic E-state index is 2.34. The lowest BCUT2D eigenvalue weighted by atomic mass is 10.1. The average Bonchev–Trinajstić information content (AvgIpc) is 2.43. The predicted molar refractivity (Wildman–Crippen MR) is 93.9 cm³/mol. The highest BCUT2D eigenvalue weighted by Crippen LogP contribution is 2.39. The van der Waals surface area contributed by atoms with Gasteiger partial charge in [-0.15, -0.1) is 7.92 Å². The smallest absolute Gasteiger partial charge is 0.0326 e. The van der Waals surface area contributed by atoms with Crippen LogP contribution in [0.25, 0.3) is 0 Å². The van der Waals surface area contributed by atoms with Gasteiger partial charge >= 0.3 is 0 Å². The molecule has 1 atom stereocenters. The largest absolute Gasteiger partial charge is 0.107 e. The third kappa shape index (κ3) is 14.6. The van der Waals surface area contributed by atoms with Gasteiger partial charge in [-0.2, -0.15) is 0 Å². The lowest BCUT2D eigenvalue weighted by Gasteiger charge is -2.17. The molecule has 0 nitrogen and oxygen atoms in total. The van der Waals surface area contributed by atoms with Crippen molar-refractivity contribution >= 4 is 7.92 Å². The topological polar surface area (TPSA) is 0 Å². The van der Waals surface area contributed by atoms with Crippen molar-refractivity contribution < 1.29 is 0 Å². The van der Waals surface area contributed by atoms with Crippen LogP contribution in [0.15, 0.2) is 0 Å². The zero-order chi connectivity index (χ0) is 14.2. The molecule has 0 aliphatic carbocycles. The summed E-state index contributed by atoms with van der Waals surface area (Å²) >= 11 is 0. The Balaban J connectivity index is 3.55. The fourth-order valence-corrected chi connectivity index (χ4v) is 5.37. The summed E-state index contributed by atoms with van der Waals surface area (Å²) in [5, 5.41) is 0. The lowest BCUT2D eigenvalue weighted by molar-refractivity contribution is 0.625. The quantitative estimate of drug-likeness (QED) is 0.220. The van der Waals surface area contributed by atoms with Crippen LogP contribution in [0.3, 0.4) is 0 Å². The molecule has 1 heteroatoms. The van der Waals surface area contributed by atoms with Gasteiger partial charge in [0, 0.05) is 0 Å². The first-order chi connectivity index (χ1) is 9.35. The standard InChI is InChI=1S/C18H39P/c1-4-7-10-12-13-15-18-19(16-9-6-3)17-14-11-8-5-2/h4-18H2,1-3H3. The van der Waals surface area contributed by atoms with Crippen LogP contribution in [-0.4, -0.2) is 18.5 Å². The molecule has 0 aromatic heterocycles. The van der Waals surface area contributed by atoms with Gasteiger partial charge in [-0.1, -0.05) is 78.6 Å². The SMILES string of the molecule is CCCCCCCCP(CCCC)CCCCCC. The summed E-state index contributed by atoms with van der Waals surface area (Å²) in [5.74, 6) is 0. The van der Waals surface area contributed by atoms with Crippen molar-refractivity contribution in [3.8, 4) is 0 Å². The maximum Gasteiger partial charge on any atom is -0.0326 e. The summed E-state index contributed by atoms with van der Waals surface area (Å²) in [4.78, 5) is 0. The highest BCUT2D eigenvalue weighted by Gasteiger charge is 2.06. The molecular weight excluding hydrogens is 247 g/mol. The number of rotatable bonds is 15. The summed E-state index contributed by atoms with van der Waals surface area (Å²) in [6.07, 6.45) is 22.2. The van der Waals surface area contributed by atoms with Crippen LogP contribution >= 0.6 is 7.92 Å². The van der Waals surface area contributed by atoms with Crippen molar-refractivity contribution in [2.75, 3.05) is 18.5 Å². The molecule has 1 unspecified atom stereocenters. The lowest BCUT2D eigenvalue weighted by Crippen LogP contribution is -1.96. The van der Waals surface area contributed by atoms with Crippen molar-refractivity contribution in [3.05, 3.63) is 0 Å². The van der Waals surface area contributed by atoms with Crippen molar-refractivity contribution in [2.45, 2.75) is 97.8 Å². The third-order valence-corrected chi connectivity index (χ3v) is 6.83. The highest BCUT2D eigenvalue weighted by atomic mass is 31.1. The summed E-state index contributed by atoms with van der Waals surface area (Å²) in [6, 6.07) is 0. The predicted octanol–water partition coefficient (Wildman–Crippen LogP) is 7.21. The molecule has 0 bridgehead atoms. The van der Waals surface area contributed by atoms with Crippen LogP contribution in [0.5, 0.6) is 0 Å². The van der Waals surface area contributed by atoms with Gasteiger partial charge in [0.25, 0.3) is 0 Å². The van der Waals surface area contributed by atoms with Crippen molar-refractivity contribution in [1.82, 2.24) is 0 Å². The Morgan fingerprint density at radius 1 is 0.421 bits per heavy atom. The van der Waals surface area contributed by atoms with E-state index in [1.165, 1.54) is 77.0 Å². The zero-order valence-corrected chi connectivity index (χ0v) is 14.9. The fourth-order valence-electron chi connectivity index (χ4n) is 2.60. The van der Waals surface area contributed by atoms with Gasteiger partial charge in [-0.25, -0.2) is 0 Å². The molecule has 0 amide bonds. The van der Waals surface area contributed by atoms with E-state index in [9.17, 15) is 0 Å². The maximum absolute atomic E-state index is 2.34. The zero-order valence-electron chi connectivity index (χ0n) is 14.1. The Labute approximate surface area is 124 Å². The highest BCUT2D eigenvalue weighted by molar-refractivity contribution is 7.57. The molecule has 0 fully saturated rings. The minimum atomic E-state index is 0.392. The molecule has 0 radical (unpaired) electrons. The molecule has 116 valence electrons. The molecule has 0 aromatic carbocycles. The van der Waals surface area contributed by atoms with Crippen LogP contribution in [-0.2, 0) is 0 Å². The van der Waals surface area contributed by atoms with Crippen LogP contribution in [0, 0.1) is 0 Å². The number of hydrogen-bond donors (Lipinski definition) is 0. The van der Waals surface area contributed by atoms with Gasteiger partial charge in [0.1, 0.15) is 0 Å². The van der Waals surface area contributed by atoms with Gasteiger partial charge in [-0.3, -0.25) is 0 Å². The van der Waals surface area contributed by atoms with Gasteiger partial charge in [-0.05, 0) is 37.7 Å². The Kier molecular flexibility index (Phi) is 16.9. The van der Waals surface area contributed by atoms with E-state index in [0.717, 1.165) is 0 Å². The normalized spacial score (nSPS) is 12.8. The first kappa shape index (κ1) is 19.4. The third-order valence-electron chi connectivity index (χ3n) is 3.98. The monoisotopic (exact) mass is 286 g/mol. The van der Waals surface area contributed by atoms with E-state index in [4.69, 9.17) is 0 Å². The molecule has 19 heavy (non-hydrogen) atoms. The Morgan fingerprint density at radius 2 is 0.789 bits per heavy atom. The Morgan fingerprint density at radius 3 is 1.32 bits per heavy atom. The molecule has 0 N–H and O–H groups in total.